The van der Waals surface area contributed by atoms with E-state index in [1.54, 1.807) is 47.4 Å². The van der Waals surface area contributed by atoms with Gasteiger partial charge in [0.2, 0.25) is 5.91 Å². The maximum Gasteiger partial charge on any atom is 0.268 e. The van der Waals surface area contributed by atoms with Crippen molar-refractivity contribution in [3.8, 4) is 5.75 Å². The van der Waals surface area contributed by atoms with E-state index in [9.17, 15) is 23.1 Å². The first kappa shape index (κ1) is 29.1. The van der Waals surface area contributed by atoms with Crippen molar-refractivity contribution in [3.63, 3.8) is 0 Å². The number of hydrogen-bond acceptors (Lipinski definition) is 7. The van der Waals surface area contributed by atoms with Crippen LogP contribution in [0.25, 0.3) is 0 Å². The van der Waals surface area contributed by atoms with Crippen molar-refractivity contribution in [1.82, 2.24) is 20.0 Å². The molecule has 0 spiro atoms. The molecule has 4 rings (SSSR count). The lowest BCUT2D eigenvalue weighted by Crippen LogP contribution is -2.52. The quantitative estimate of drug-likeness (QED) is 0.388. The summed E-state index contributed by atoms with van der Waals surface area (Å²) in [6, 6.07) is 20.1. The highest BCUT2D eigenvalue weighted by atomic mass is 32.2. The van der Waals surface area contributed by atoms with Crippen molar-refractivity contribution >= 4 is 33.2 Å². The lowest BCUT2D eigenvalue weighted by Gasteiger charge is -2.35. The minimum atomic E-state index is -4.15. The number of amides is 2. The summed E-state index contributed by atoms with van der Waals surface area (Å²) in [5.74, 6) is -0.811. The van der Waals surface area contributed by atoms with Gasteiger partial charge >= 0.3 is 0 Å². The number of anilines is 2. The van der Waals surface area contributed by atoms with Gasteiger partial charge in [0.1, 0.15) is 5.75 Å². The van der Waals surface area contributed by atoms with Gasteiger partial charge in [-0.15, -0.1) is 0 Å². The Bertz CT molecular complexity index is 1410. The van der Waals surface area contributed by atoms with Crippen molar-refractivity contribution in [1.29, 1.82) is 0 Å². The van der Waals surface area contributed by atoms with Gasteiger partial charge < -0.3 is 20.2 Å². The van der Waals surface area contributed by atoms with Crippen LogP contribution in [0.2, 0.25) is 0 Å². The molecule has 0 bridgehead atoms. The Hall–Kier alpha value is -3.93. The molecule has 3 aromatic rings. The summed E-state index contributed by atoms with van der Waals surface area (Å²) in [6.07, 6.45) is 0. The molecule has 1 heterocycles. The van der Waals surface area contributed by atoms with Crippen molar-refractivity contribution in [2.45, 2.75) is 4.90 Å². The normalized spacial score (nSPS) is 14.2. The largest absolute Gasteiger partial charge is 0.506 e. The molecular formula is C29H35N5O5S. The molecular weight excluding hydrogens is 530 g/mol. The minimum absolute atomic E-state index is 0.0561. The van der Waals surface area contributed by atoms with E-state index >= 15 is 0 Å². The van der Waals surface area contributed by atoms with Crippen LogP contribution in [0.3, 0.4) is 0 Å². The molecule has 0 unspecified atom stereocenters. The molecule has 3 aromatic carbocycles. The Morgan fingerprint density at radius 2 is 1.50 bits per heavy atom. The van der Waals surface area contributed by atoms with Crippen LogP contribution in [0.1, 0.15) is 10.4 Å². The zero-order chi connectivity index (χ0) is 28.7. The summed E-state index contributed by atoms with van der Waals surface area (Å²) >= 11 is 0. The standard InChI is InChI=1S/C29H35N5O5S/c1-31(2)16-17-32-18-20-33(21-19-32)28(36)22-30-29(37)23-12-14-25(15-13-23)40(38,39)34(24-8-4-3-5-9-24)26-10-6-7-11-27(26)35/h3-15,35H,16-22H2,1-2H3,(H,30,37). The summed E-state index contributed by atoms with van der Waals surface area (Å²) in [5, 5.41) is 13.1. The van der Waals surface area contributed by atoms with Crippen molar-refractivity contribution < 1.29 is 23.1 Å². The molecule has 1 aliphatic heterocycles. The zero-order valence-electron chi connectivity index (χ0n) is 22.7. The maximum absolute atomic E-state index is 13.7. The first-order chi connectivity index (χ1) is 19.2. The Morgan fingerprint density at radius 1 is 0.875 bits per heavy atom. The second-order valence-corrected chi connectivity index (χ2v) is 11.6. The van der Waals surface area contributed by atoms with E-state index in [2.05, 4.69) is 15.1 Å². The predicted octanol–water partition coefficient (Wildman–Crippen LogP) is 2.35. The topological polar surface area (TPSA) is 114 Å². The smallest absolute Gasteiger partial charge is 0.268 e. The second kappa shape index (κ2) is 12.9. The predicted molar refractivity (Wildman–Crippen MR) is 154 cm³/mol. The van der Waals surface area contributed by atoms with Crippen LogP contribution in [0, 0.1) is 0 Å². The molecule has 212 valence electrons. The number of rotatable bonds is 10. The fourth-order valence-corrected chi connectivity index (χ4v) is 5.93. The number of piperazine rings is 1. The number of phenolic OH excluding ortho intramolecular Hbond substituents is 1. The number of hydrogen-bond donors (Lipinski definition) is 2. The number of nitrogens with zero attached hydrogens (tertiary/aromatic N) is 4. The lowest BCUT2D eigenvalue weighted by molar-refractivity contribution is -0.131. The third-order valence-corrected chi connectivity index (χ3v) is 8.49. The van der Waals surface area contributed by atoms with Crippen molar-refractivity contribution in [2.24, 2.45) is 0 Å². The number of para-hydroxylation sites is 3. The summed E-state index contributed by atoms with van der Waals surface area (Å²) in [5.41, 5.74) is 0.685. The molecule has 2 amide bonds. The fourth-order valence-electron chi connectivity index (χ4n) is 4.42. The molecule has 10 nitrogen and oxygen atoms in total. The average molecular weight is 566 g/mol. The van der Waals surface area contributed by atoms with Crippen LogP contribution in [0.15, 0.2) is 83.8 Å². The number of sulfonamides is 1. The number of likely N-dealkylation sites (N-methyl/N-ethyl adjacent to an activating group) is 1. The van der Waals surface area contributed by atoms with Gasteiger partial charge in [0, 0.05) is 44.8 Å². The molecule has 0 aliphatic carbocycles. The molecule has 2 N–H and O–H groups in total. The first-order valence-corrected chi connectivity index (χ1v) is 14.5. The van der Waals surface area contributed by atoms with Crippen LogP contribution in [-0.4, -0.2) is 99.9 Å². The van der Waals surface area contributed by atoms with Gasteiger partial charge in [0.25, 0.3) is 15.9 Å². The molecule has 0 aromatic heterocycles. The van der Waals surface area contributed by atoms with Crippen LogP contribution in [-0.2, 0) is 14.8 Å². The van der Waals surface area contributed by atoms with Gasteiger partial charge in [-0.2, -0.15) is 0 Å². The van der Waals surface area contributed by atoms with Crippen LogP contribution in [0.4, 0.5) is 11.4 Å². The number of aromatic hydroxyl groups is 1. The van der Waals surface area contributed by atoms with Gasteiger partial charge in [-0.05, 0) is 62.6 Å². The molecule has 1 fully saturated rings. The van der Waals surface area contributed by atoms with E-state index in [-0.39, 0.29) is 34.3 Å². The maximum atomic E-state index is 13.7. The van der Waals surface area contributed by atoms with Gasteiger partial charge in [-0.25, -0.2) is 12.7 Å². The summed E-state index contributed by atoms with van der Waals surface area (Å²) in [4.78, 5) is 31.5. The first-order valence-electron chi connectivity index (χ1n) is 13.1. The monoisotopic (exact) mass is 565 g/mol. The van der Waals surface area contributed by atoms with E-state index < -0.39 is 15.9 Å². The van der Waals surface area contributed by atoms with Gasteiger partial charge in [-0.3, -0.25) is 14.5 Å². The molecule has 1 saturated heterocycles. The molecule has 40 heavy (non-hydrogen) atoms. The molecule has 0 saturated carbocycles. The third-order valence-electron chi connectivity index (χ3n) is 6.73. The SMILES string of the molecule is CN(C)CCN1CCN(C(=O)CNC(=O)c2ccc(S(=O)(=O)N(c3ccccc3)c3ccccc3O)cc2)CC1. The van der Waals surface area contributed by atoms with Crippen LogP contribution in [0.5, 0.6) is 5.75 Å². The molecule has 0 radical (unpaired) electrons. The Labute approximate surface area is 235 Å². The molecule has 11 heteroatoms. The second-order valence-electron chi connectivity index (χ2n) is 9.83. The van der Waals surface area contributed by atoms with E-state index in [0.29, 0.717) is 18.8 Å². The highest BCUT2D eigenvalue weighted by Gasteiger charge is 2.29. The summed E-state index contributed by atoms with van der Waals surface area (Å²) < 4.78 is 28.5. The van der Waals surface area contributed by atoms with E-state index in [4.69, 9.17) is 0 Å². The zero-order valence-corrected chi connectivity index (χ0v) is 23.5. The van der Waals surface area contributed by atoms with E-state index in [1.807, 2.05) is 14.1 Å². The van der Waals surface area contributed by atoms with E-state index in [1.165, 1.54) is 36.4 Å². The van der Waals surface area contributed by atoms with E-state index in [0.717, 1.165) is 30.5 Å². The van der Waals surface area contributed by atoms with Crippen LogP contribution < -0.4 is 9.62 Å². The Morgan fingerprint density at radius 3 is 2.12 bits per heavy atom. The minimum Gasteiger partial charge on any atom is -0.506 e. The number of carbonyl (C=O) groups excluding carboxylic acids is 2. The number of phenols is 1. The average Bonchev–Trinajstić information content (AvgIpc) is 2.96. The number of benzene rings is 3. The number of nitrogens with one attached hydrogen (secondary N) is 1. The Balaban J connectivity index is 1.40. The molecule has 1 aliphatic rings. The highest BCUT2D eigenvalue weighted by Crippen LogP contribution is 2.37. The summed E-state index contributed by atoms with van der Waals surface area (Å²) in [6.45, 7) is 4.60. The van der Waals surface area contributed by atoms with Crippen LogP contribution >= 0.6 is 0 Å². The number of carbonyl (C=O) groups is 2. The van der Waals surface area contributed by atoms with Gasteiger partial charge in [0.05, 0.1) is 22.8 Å². The van der Waals surface area contributed by atoms with Gasteiger partial charge in [0.15, 0.2) is 0 Å². The highest BCUT2D eigenvalue weighted by molar-refractivity contribution is 7.93. The van der Waals surface area contributed by atoms with Gasteiger partial charge in [-0.1, -0.05) is 30.3 Å². The van der Waals surface area contributed by atoms with Crippen molar-refractivity contribution in [3.05, 3.63) is 84.4 Å². The van der Waals surface area contributed by atoms with Crippen molar-refractivity contribution in [2.75, 3.05) is 64.2 Å². The Kier molecular flexibility index (Phi) is 9.41. The lowest BCUT2D eigenvalue weighted by atomic mass is 10.2. The molecule has 0 atom stereocenters. The third kappa shape index (κ3) is 6.98. The summed E-state index contributed by atoms with van der Waals surface area (Å²) in [7, 11) is -0.0869. The fraction of sp³-hybridized carbons (Fsp3) is 0.310.